The van der Waals surface area contributed by atoms with E-state index in [0.29, 0.717) is 6.10 Å². The van der Waals surface area contributed by atoms with Crippen molar-refractivity contribution in [2.24, 2.45) is 5.92 Å². The van der Waals surface area contributed by atoms with E-state index in [1.54, 1.807) is 0 Å². The Morgan fingerprint density at radius 2 is 1.88 bits per heavy atom. The van der Waals surface area contributed by atoms with Gasteiger partial charge in [-0.3, -0.25) is 0 Å². The first-order chi connectivity index (χ1) is 8.22. The Morgan fingerprint density at radius 1 is 1.18 bits per heavy atom. The highest BCUT2D eigenvalue weighted by atomic mass is 16.5. The topological polar surface area (TPSA) is 12.5 Å². The van der Waals surface area contributed by atoms with Gasteiger partial charge in [0.25, 0.3) is 0 Å². The molecule has 2 nitrogen and oxygen atoms in total. The number of piperidine rings is 1. The van der Waals surface area contributed by atoms with Gasteiger partial charge in [-0.25, -0.2) is 0 Å². The van der Waals surface area contributed by atoms with Crippen LogP contribution in [-0.2, 0) is 4.74 Å². The minimum Gasteiger partial charge on any atom is -0.379 e. The molecule has 0 radical (unpaired) electrons. The molecule has 0 aromatic rings. The Morgan fingerprint density at radius 3 is 2.47 bits per heavy atom. The summed E-state index contributed by atoms with van der Waals surface area (Å²) in [7, 11) is 0. The molecule has 0 saturated carbocycles. The molecule has 0 atom stereocenters. The Balaban J connectivity index is 1.99. The average Bonchev–Trinajstić information content (AvgIpc) is 2.33. The molecule has 0 aliphatic carbocycles. The molecule has 1 aliphatic rings. The Bertz CT molecular complexity index is 174. The van der Waals surface area contributed by atoms with Gasteiger partial charge < -0.3 is 9.64 Å². The van der Waals surface area contributed by atoms with Crippen LogP contribution >= 0.6 is 0 Å². The molecule has 102 valence electrons. The number of unbranched alkanes of at least 4 members (excludes halogenated alkanes) is 1. The number of hydrogen-bond donors (Lipinski definition) is 0. The zero-order valence-corrected chi connectivity index (χ0v) is 12.1. The number of nitrogens with zero attached hydrogens (tertiary/aromatic N) is 1. The maximum Gasteiger partial charge on any atom is 0.0518 e. The lowest BCUT2D eigenvalue weighted by Gasteiger charge is -2.31. The second-order valence-electron chi connectivity index (χ2n) is 5.70. The van der Waals surface area contributed by atoms with Crippen LogP contribution in [0.5, 0.6) is 0 Å². The van der Waals surface area contributed by atoms with Gasteiger partial charge in [-0.1, -0.05) is 13.3 Å². The summed E-state index contributed by atoms with van der Waals surface area (Å²) in [6.45, 7) is 11.4. The summed E-state index contributed by atoms with van der Waals surface area (Å²) in [5.74, 6) is 0.962. The van der Waals surface area contributed by atoms with Crippen LogP contribution < -0.4 is 0 Å². The largest absolute Gasteiger partial charge is 0.379 e. The molecule has 0 amide bonds. The van der Waals surface area contributed by atoms with Gasteiger partial charge in [0, 0.05) is 6.61 Å². The summed E-state index contributed by atoms with van der Waals surface area (Å²) < 4.78 is 5.60. The van der Waals surface area contributed by atoms with E-state index >= 15 is 0 Å². The highest BCUT2D eigenvalue weighted by molar-refractivity contribution is 4.72. The first-order valence-corrected chi connectivity index (χ1v) is 7.56. The van der Waals surface area contributed by atoms with E-state index in [-0.39, 0.29) is 0 Å². The molecule has 0 N–H and O–H groups in total. The van der Waals surface area contributed by atoms with Crippen molar-refractivity contribution < 1.29 is 4.74 Å². The van der Waals surface area contributed by atoms with Crippen molar-refractivity contribution in [3.8, 4) is 0 Å². The quantitative estimate of drug-likeness (QED) is 0.601. The van der Waals surface area contributed by atoms with Crippen molar-refractivity contribution in [1.82, 2.24) is 4.90 Å². The van der Waals surface area contributed by atoms with E-state index in [4.69, 9.17) is 4.74 Å². The van der Waals surface area contributed by atoms with E-state index in [1.165, 1.54) is 58.2 Å². The number of hydrogen-bond acceptors (Lipinski definition) is 2. The summed E-state index contributed by atoms with van der Waals surface area (Å²) in [4.78, 5) is 2.64. The van der Waals surface area contributed by atoms with E-state index in [1.807, 2.05) is 0 Å². The summed E-state index contributed by atoms with van der Waals surface area (Å²) in [6.07, 6.45) is 8.52. The third-order valence-electron chi connectivity index (χ3n) is 3.74. The van der Waals surface area contributed by atoms with Crippen LogP contribution in [0.3, 0.4) is 0 Å². The zero-order chi connectivity index (χ0) is 12.5. The fourth-order valence-corrected chi connectivity index (χ4v) is 2.57. The van der Waals surface area contributed by atoms with Gasteiger partial charge in [-0.05, 0) is 71.5 Å². The zero-order valence-electron chi connectivity index (χ0n) is 12.1. The third kappa shape index (κ3) is 7.05. The van der Waals surface area contributed by atoms with E-state index < -0.39 is 0 Å². The molecule has 0 bridgehead atoms. The molecule has 2 heteroatoms. The van der Waals surface area contributed by atoms with Gasteiger partial charge in [0.2, 0.25) is 0 Å². The van der Waals surface area contributed by atoms with E-state index in [0.717, 1.165) is 12.5 Å². The van der Waals surface area contributed by atoms with Crippen LogP contribution in [0, 0.1) is 5.92 Å². The molecule has 1 heterocycles. The fourth-order valence-electron chi connectivity index (χ4n) is 2.57. The summed E-state index contributed by atoms with van der Waals surface area (Å²) in [5.41, 5.74) is 0. The molecule has 17 heavy (non-hydrogen) atoms. The normalized spacial score (nSPS) is 19.1. The smallest absolute Gasteiger partial charge is 0.0518 e. The van der Waals surface area contributed by atoms with Gasteiger partial charge >= 0.3 is 0 Å². The molecule has 0 aromatic heterocycles. The molecular weight excluding hydrogens is 210 g/mol. The number of ether oxygens (including phenoxy) is 1. The maximum atomic E-state index is 5.60. The Labute approximate surface area is 108 Å². The van der Waals surface area contributed by atoms with Crippen LogP contribution in [0.25, 0.3) is 0 Å². The van der Waals surface area contributed by atoms with Crippen molar-refractivity contribution in [1.29, 1.82) is 0 Å². The Hall–Kier alpha value is -0.0800. The number of rotatable bonds is 8. The first-order valence-electron chi connectivity index (χ1n) is 7.56. The van der Waals surface area contributed by atoms with Crippen LogP contribution in [0.15, 0.2) is 0 Å². The monoisotopic (exact) mass is 241 g/mol. The standard InChI is InChI=1S/C15H31NO/c1-4-5-10-16-11-8-15(9-12-16)7-6-13-17-14(2)3/h14-15H,4-13H2,1-3H3. The SMILES string of the molecule is CCCCN1CCC(CCCOC(C)C)CC1. The lowest BCUT2D eigenvalue weighted by atomic mass is 9.92. The van der Waals surface area contributed by atoms with Crippen molar-refractivity contribution in [2.45, 2.75) is 65.4 Å². The molecule has 0 spiro atoms. The lowest BCUT2D eigenvalue weighted by molar-refractivity contribution is 0.0704. The lowest BCUT2D eigenvalue weighted by Crippen LogP contribution is -2.34. The van der Waals surface area contributed by atoms with Crippen molar-refractivity contribution >= 4 is 0 Å². The Kier molecular flexibility index (Phi) is 7.87. The second kappa shape index (κ2) is 8.93. The van der Waals surface area contributed by atoms with Gasteiger partial charge in [-0.2, -0.15) is 0 Å². The highest BCUT2D eigenvalue weighted by Gasteiger charge is 2.18. The van der Waals surface area contributed by atoms with Gasteiger partial charge in [-0.15, -0.1) is 0 Å². The molecule has 0 unspecified atom stereocenters. The fraction of sp³-hybridized carbons (Fsp3) is 1.00. The molecule has 1 saturated heterocycles. The van der Waals surface area contributed by atoms with Crippen molar-refractivity contribution in [3.63, 3.8) is 0 Å². The van der Waals surface area contributed by atoms with E-state index in [9.17, 15) is 0 Å². The van der Waals surface area contributed by atoms with Gasteiger partial charge in [0.1, 0.15) is 0 Å². The van der Waals surface area contributed by atoms with Gasteiger partial charge in [0.05, 0.1) is 6.10 Å². The second-order valence-corrected chi connectivity index (χ2v) is 5.70. The summed E-state index contributed by atoms with van der Waals surface area (Å²) >= 11 is 0. The number of likely N-dealkylation sites (tertiary alicyclic amines) is 1. The summed E-state index contributed by atoms with van der Waals surface area (Å²) in [6, 6.07) is 0. The van der Waals surface area contributed by atoms with Crippen molar-refractivity contribution in [3.05, 3.63) is 0 Å². The molecule has 1 fully saturated rings. The van der Waals surface area contributed by atoms with Crippen LogP contribution in [0.4, 0.5) is 0 Å². The maximum absolute atomic E-state index is 5.60. The van der Waals surface area contributed by atoms with Crippen LogP contribution in [0.2, 0.25) is 0 Å². The predicted octanol–water partition coefficient (Wildman–Crippen LogP) is 3.70. The third-order valence-corrected chi connectivity index (χ3v) is 3.74. The minimum atomic E-state index is 0.394. The average molecular weight is 241 g/mol. The summed E-state index contributed by atoms with van der Waals surface area (Å²) in [5, 5.41) is 0. The highest BCUT2D eigenvalue weighted by Crippen LogP contribution is 2.22. The minimum absolute atomic E-state index is 0.394. The van der Waals surface area contributed by atoms with Crippen LogP contribution in [-0.4, -0.2) is 37.2 Å². The van der Waals surface area contributed by atoms with Crippen LogP contribution in [0.1, 0.15) is 59.3 Å². The molecule has 1 rings (SSSR count). The van der Waals surface area contributed by atoms with Crippen molar-refractivity contribution in [2.75, 3.05) is 26.2 Å². The molecule has 0 aromatic carbocycles. The first kappa shape index (κ1) is 15.0. The molecule has 1 aliphatic heterocycles. The van der Waals surface area contributed by atoms with E-state index in [2.05, 4.69) is 25.7 Å². The van der Waals surface area contributed by atoms with Gasteiger partial charge in [0.15, 0.2) is 0 Å². The molecular formula is C15H31NO. The predicted molar refractivity (Wildman–Crippen MR) is 74.4 cm³/mol.